The van der Waals surface area contributed by atoms with E-state index in [1.807, 2.05) is 0 Å². The topological polar surface area (TPSA) is 43.1 Å². The van der Waals surface area contributed by atoms with Gasteiger partial charge in [-0.3, -0.25) is 4.79 Å². The lowest BCUT2D eigenvalue weighted by Gasteiger charge is -2.06. The molecule has 2 N–H and O–H groups in total. The summed E-state index contributed by atoms with van der Waals surface area (Å²) in [5.74, 6) is -0.834. The van der Waals surface area contributed by atoms with E-state index >= 15 is 0 Å². The molecule has 0 spiro atoms. The average molecular weight is 329 g/mol. The summed E-state index contributed by atoms with van der Waals surface area (Å²) >= 11 is 9.17. The quantitative estimate of drug-likeness (QED) is 0.667. The minimum atomic E-state index is -0.479. The maximum atomic E-state index is 13.2. The normalized spacial score (nSPS) is 10.4. The number of anilines is 1. The molecule has 0 unspecified atom stereocenters. The smallest absolute Gasteiger partial charge is 0.195 e. The van der Waals surface area contributed by atoms with Gasteiger partial charge in [0.2, 0.25) is 0 Å². The number of nitrogen functional groups attached to an aromatic ring is 1. The molecule has 0 radical (unpaired) electrons. The van der Waals surface area contributed by atoms with Crippen LogP contribution in [0.3, 0.4) is 0 Å². The summed E-state index contributed by atoms with van der Waals surface area (Å²) in [5, 5.41) is 0.246. The van der Waals surface area contributed by atoms with Gasteiger partial charge in [-0.2, -0.15) is 0 Å². The average Bonchev–Trinajstić information content (AvgIpc) is 2.31. The van der Waals surface area contributed by atoms with Crippen LogP contribution in [0.5, 0.6) is 0 Å². The fourth-order valence-corrected chi connectivity index (χ4v) is 2.23. The minimum absolute atomic E-state index is 0.224. The number of carbonyl (C=O) groups excluding carboxylic acids is 1. The third-order valence-electron chi connectivity index (χ3n) is 2.41. The van der Waals surface area contributed by atoms with Crippen LogP contribution in [0.1, 0.15) is 15.9 Å². The Bertz CT molecular complexity index is 630. The van der Waals surface area contributed by atoms with Gasteiger partial charge >= 0.3 is 0 Å². The molecule has 0 bridgehead atoms. The first kappa shape index (κ1) is 13.1. The van der Waals surface area contributed by atoms with Crippen molar-refractivity contribution in [1.29, 1.82) is 0 Å². The van der Waals surface area contributed by atoms with Crippen LogP contribution in [-0.2, 0) is 0 Å². The lowest BCUT2D eigenvalue weighted by atomic mass is 10.0. The van der Waals surface area contributed by atoms with Crippen molar-refractivity contribution in [2.45, 2.75) is 0 Å². The van der Waals surface area contributed by atoms with Gasteiger partial charge in [0.1, 0.15) is 5.82 Å². The van der Waals surface area contributed by atoms with Gasteiger partial charge in [0.15, 0.2) is 5.78 Å². The van der Waals surface area contributed by atoms with E-state index in [4.69, 9.17) is 17.3 Å². The minimum Gasteiger partial charge on any atom is -0.399 e. The van der Waals surface area contributed by atoms with Gasteiger partial charge in [0.05, 0.1) is 5.02 Å². The molecule has 92 valence electrons. The number of halogens is 3. The van der Waals surface area contributed by atoms with Crippen LogP contribution in [0.15, 0.2) is 40.9 Å². The van der Waals surface area contributed by atoms with Gasteiger partial charge in [0, 0.05) is 21.3 Å². The molecular weight excluding hydrogens is 321 g/mol. The van der Waals surface area contributed by atoms with E-state index in [-0.39, 0.29) is 21.9 Å². The van der Waals surface area contributed by atoms with Gasteiger partial charge in [0.25, 0.3) is 0 Å². The molecule has 0 aliphatic rings. The zero-order valence-corrected chi connectivity index (χ0v) is 11.4. The summed E-state index contributed by atoms with van der Waals surface area (Å²) in [4.78, 5) is 12.2. The number of ketones is 1. The zero-order chi connectivity index (χ0) is 13.3. The Kier molecular flexibility index (Phi) is 3.68. The van der Waals surface area contributed by atoms with Crippen LogP contribution in [0.4, 0.5) is 10.1 Å². The van der Waals surface area contributed by atoms with E-state index in [2.05, 4.69) is 15.9 Å². The molecular formula is C13H8BrClFNO. The van der Waals surface area contributed by atoms with E-state index in [1.165, 1.54) is 30.3 Å². The number of benzene rings is 2. The molecule has 2 rings (SSSR count). The summed E-state index contributed by atoms with van der Waals surface area (Å²) in [6.45, 7) is 0. The summed E-state index contributed by atoms with van der Waals surface area (Å²) < 4.78 is 13.7. The van der Waals surface area contributed by atoms with Crippen LogP contribution in [0.25, 0.3) is 0 Å². The summed E-state index contributed by atoms with van der Waals surface area (Å²) in [6, 6.07) is 8.50. The fourth-order valence-electron chi connectivity index (χ4n) is 1.53. The largest absolute Gasteiger partial charge is 0.399 e. The number of hydrogen-bond acceptors (Lipinski definition) is 2. The number of hydrogen-bond donors (Lipinski definition) is 1. The number of rotatable bonds is 2. The highest BCUT2D eigenvalue weighted by molar-refractivity contribution is 9.10. The monoisotopic (exact) mass is 327 g/mol. The maximum Gasteiger partial charge on any atom is 0.195 e. The van der Waals surface area contributed by atoms with E-state index < -0.39 is 5.82 Å². The molecule has 0 aliphatic carbocycles. The highest BCUT2D eigenvalue weighted by Crippen LogP contribution is 2.26. The van der Waals surface area contributed by atoms with Gasteiger partial charge in [-0.15, -0.1) is 0 Å². The molecule has 0 fully saturated rings. The second-order valence-corrected chi connectivity index (χ2v) is 4.95. The maximum absolute atomic E-state index is 13.2. The Morgan fingerprint density at radius 1 is 1.17 bits per heavy atom. The van der Waals surface area contributed by atoms with Crippen molar-refractivity contribution in [1.82, 2.24) is 0 Å². The Balaban J connectivity index is 2.51. The second kappa shape index (κ2) is 5.08. The molecule has 2 nitrogen and oxygen atoms in total. The first-order chi connectivity index (χ1) is 8.49. The van der Waals surface area contributed by atoms with Crippen LogP contribution >= 0.6 is 27.5 Å². The summed E-state index contributed by atoms with van der Waals surface area (Å²) in [6.07, 6.45) is 0. The molecule has 0 heterocycles. The molecule has 2 aromatic carbocycles. The lowest BCUT2D eigenvalue weighted by molar-refractivity contribution is 0.103. The van der Waals surface area contributed by atoms with Gasteiger partial charge in [-0.25, -0.2) is 4.39 Å². The first-order valence-corrected chi connectivity index (χ1v) is 6.21. The molecule has 0 saturated heterocycles. The standard InChI is InChI=1S/C13H8BrClFNO/c14-11-4-1-7(16)5-10(11)13(18)9-3-2-8(17)6-12(9)15/h1-6H,17H2. The Morgan fingerprint density at radius 3 is 2.56 bits per heavy atom. The van der Waals surface area contributed by atoms with Crippen molar-refractivity contribution in [3.63, 3.8) is 0 Å². The van der Waals surface area contributed by atoms with E-state index in [1.54, 1.807) is 6.07 Å². The van der Waals surface area contributed by atoms with Crippen LogP contribution in [0.2, 0.25) is 5.02 Å². The summed E-state index contributed by atoms with van der Waals surface area (Å²) in [5.41, 5.74) is 6.54. The molecule has 0 atom stereocenters. The SMILES string of the molecule is Nc1ccc(C(=O)c2cc(F)ccc2Br)c(Cl)c1. The molecule has 0 saturated carbocycles. The fraction of sp³-hybridized carbons (Fsp3) is 0. The van der Waals surface area contributed by atoms with Gasteiger partial charge < -0.3 is 5.73 Å². The predicted molar refractivity (Wildman–Crippen MR) is 73.4 cm³/mol. The molecule has 0 amide bonds. The predicted octanol–water partition coefficient (Wildman–Crippen LogP) is 4.05. The Hall–Kier alpha value is -1.39. The zero-order valence-electron chi connectivity index (χ0n) is 9.08. The molecule has 5 heteroatoms. The van der Waals surface area contributed by atoms with Crippen molar-refractivity contribution in [3.8, 4) is 0 Å². The molecule has 0 aliphatic heterocycles. The van der Waals surface area contributed by atoms with Crippen LogP contribution in [-0.4, -0.2) is 5.78 Å². The van der Waals surface area contributed by atoms with Crippen LogP contribution < -0.4 is 5.73 Å². The first-order valence-electron chi connectivity index (χ1n) is 5.04. The summed E-state index contributed by atoms with van der Waals surface area (Å²) in [7, 11) is 0. The number of carbonyl (C=O) groups is 1. The Morgan fingerprint density at radius 2 is 1.89 bits per heavy atom. The van der Waals surface area contributed by atoms with Crippen molar-refractivity contribution in [3.05, 3.63) is 62.8 Å². The van der Waals surface area contributed by atoms with Crippen LogP contribution in [0, 0.1) is 5.82 Å². The lowest BCUT2D eigenvalue weighted by Crippen LogP contribution is -2.04. The number of nitrogens with two attached hydrogens (primary N) is 1. The highest BCUT2D eigenvalue weighted by Gasteiger charge is 2.16. The third kappa shape index (κ3) is 2.54. The van der Waals surface area contributed by atoms with Crippen molar-refractivity contribution < 1.29 is 9.18 Å². The van der Waals surface area contributed by atoms with Crippen molar-refractivity contribution in [2.75, 3.05) is 5.73 Å². The third-order valence-corrected chi connectivity index (χ3v) is 3.42. The van der Waals surface area contributed by atoms with Gasteiger partial charge in [-0.05, 0) is 36.4 Å². The molecule has 0 aromatic heterocycles. The second-order valence-electron chi connectivity index (χ2n) is 3.69. The van der Waals surface area contributed by atoms with Crippen molar-refractivity contribution >= 4 is 39.0 Å². The van der Waals surface area contributed by atoms with Gasteiger partial charge in [-0.1, -0.05) is 27.5 Å². The molecule has 18 heavy (non-hydrogen) atoms. The van der Waals surface area contributed by atoms with Crippen molar-refractivity contribution in [2.24, 2.45) is 0 Å². The van der Waals surface area contributed by atoms with E-state index in [0.29, 0.717) is 10.2 Å². The Labute approximate surface area is 117 Å². The van der Waals surface area contributed by atoms with E-state index in [9.17, 15) is 9.18 Å². The molecule has 2 aromatic rings. The highest BCUT2D eigenvalue weighted by atomic mass is 79.9. The van der Waals surface area contributed by atoms with E-state index in [0.717, 1.165) is 0 Å².